The highest BCUT2D eigenvalue weighted by Crippen LogP contribution is 2.24. The third-order valence-electron chi connectivity index (χ3n) is 4.84. The molecule has 0 spiro atoms. The number of halogens is 1. The second-order valence-electron chi connectivity index (χ2n) is 7.16. The molecule has 0 saturated carbocycles. The maximum atomic E-state index is 12.9. The highest BCUT2D eigenvalue weighted by molar-refractivity contribution is 9.10. The van der Waals surface area contributed by atoms with E-state index < -0.39 is 15.9 Å². The second kappa shape index (κ2) is 8.71. The van der Waals surface area contributed by atoms with Crippen molar-refractivity contribution >= 4 is 37.7 Å². The number of aromatic nitrogens is 2. The average molecular weight is 491 g/mol. The Labute approximate surface area is 184 Å². The number of sulfonamides is 1. The van der Waals surface area contributed by atoms with Gasteiger partial charge in [-0.3, -0.25) is 4.79 Å². The lowest BCUT2D eigenvalue weighted by molar-refractivity contribution is 0.102. The predicted molar refractivity (Wildman–Crippen MR) is 120 cm³/mol. The van der Waals surface area contributed by atoms with Crippen LogP contribution >= 0.6 is 15.9 Å². The molecule has 0 aliphatic rings. The third-order valence-corrected chi connectivity index (χ3v) is 7.31. The molecule has 1 aromatic heterocycles. The van der Waals surface area contributed by atoms with Crippen molar-refractivity contribution in [1.82, 2.24) is 14.1 Å². The number of benzene rings is 2. The van der Waals surface area contributed by atoms with Crippen LogP contribution in [0.5, 0.6) is 0 Å². The lowest BCUT2D eigenvalue weighted by Gasteiger charge is -2.17. The van der Waals surface area contributed by atoms with Crippen molar-refractivity contribution in [3.05, 3.63) is 75.4 Å². The van der Waals surface area contributed by atoms with Crippen LogP contribution in [-0.2, 0) is 16.6 Å². The normalized spacial score (nSPS) is 11.7. The summed E-state index contributed by atoms with van der Waals surface area (Å²) in [6.07, 6.45) is 1.61. The Morgan fingerprint density at radius 1 is 1.13 bits per heavy atom. The van der Waals surface area contributed by atoms with E-state index >= 15 is 0 Å². The largest absolute Gasteiger partial charge is 0.307 e. The van der Waals surface area contributed by atoms with E-state index in [1.165, 1.54) is 20.2 Å². The van der Waals surface area contributed by atoms with Crippen LogP contribution < -0.4 is 5.32 Å². The molecule has 158 valence electrons. The van der Waals surface area contributed by atoms with Crippen LogP contribution in [0.1, 0.15) is 27.0 Å². The van der Waals surface area contributed by atoms with Gasteiger partial charge in [-0.1, -0.05) is 28.1 Å². The van der Waals surface area contributed by atoms with Crippen LogP contribution in [0.15, 0.2) is 58.0 Å². The minimum Gasteiger partial charge on any atom is -0.307 e. The number of carbonyl (C=O) groups excluding carboxylic acids is 1. The fourth-order valence-corrected chi connectivity index (χ4v) is 4.42. The number of hydrogen-bond acceptors (Lipinski definition) is 4. The van der Waals surface area contributed by atoms with Crippen molar-refractivity contribution in [2.24, 2.45) is 0 Å². The molecule has 3 rings (SSSR count). The zero-order chi connectivity index (χ0) is 22.1. The van der Waals surface area contributed by atoms with Gasteiger partial charge in [-0.15, -0.1) is 0 Å². The molecule has 0 saturated heterocycles. The van der Waals surface area contributed by atoms with Crippen molar-refractivity contribution in [2.45, 2.75) is 25.3 Å². The van der Waals surface area contributed by atoms with Crippen molar-refractivity contribution in [3.63, 3.8) is 0 Å². The van der Waals surface area contributed by atoms with Gasteiger partial charge in [0.15, 0.2) is 0 Å². The Morgan fingerprint density at radius 2 is 1.80 bits per heavy atom. The van der Waals surface area contributed by atoms with E-state index in [1.807, 2.05) is 24.3 Å². The SMILES string of the molecule is Cc1cc(C(=O)Nc2ccnn2Cc2ccc(Br)cc2)cc(S(=O)(=O)N(C)C)c1C. The molecule has 0 aliphatic heterocycles. The van der Waals surface area contributed by atoms with Gasteiger partial charge in [0, 0.05) is 30.2 Å². The van der Waals surface area contributed by atoms with Gasteiger partial charge in [-0.25, -0.2) is 17.4 Å². The van der Waals surface area contributed by atoms with Crippen LogP contribution in [0, 0.1) is 13.8 Å². The summed E-state index contributed by atoms with van der Waals surface area (Å²) in [6.45, 7) is 4.02. The molecule has 1 N–H and O–H groups in total. The van der Waals surface area contributed by atoms with Crippen molar-refractivity contribution in [3.8, 4) is 0 Å². The number of anilines is 1. The third kappa shape index (κ3) is 4.63. The van der Waals surface area contributed by atoms with Crippen molar-refractivity contribution in [1.29, 1.82) is 0 Å². The first-order chi connectivity index (χ1) is 14.1. The zero-order valence-corrected chi connectivity index (χ0v) is 19.6. The fraction of sp³-hybridized carbons (Fsp3) is 0.238. The average Bonchev–Trinajstić information content (AvgIpc) is 3.11. The summed E-state index contributed by atoms with van der Waals surface area (Å²) in [5, 5.41) is 7.12. The minimum absolute atomic E-state index is 0.126. The summed E-state index contributed by atoms with van der Waals surface area (Å²) >= 11 is 3.41. The topological polar surface area (TPSA) is 84.3 Å². The van der Waals surface area contributed by atoms with Gasteiger partial charge >= 0.3 is 0 Å². The van der Waals surface area contributed by atoms with Gasteiger partial charge < -0.3 is 5.32 Å². The van der Waals surface area contributed by atoms with Gasteiger partial charge in [0.05, 0.1) is 17.6 Å². The van der Waals surface area contributed by atoms with Crippen LogP contribution in [-0.4, -0.2) is 42.5 Å². The number of nitrogens with one attached hydrogen (secondary N) is 1. The number of nitrogens with zero attached hydrogens (tertiary/aromatic N) is 3. The van der Waals surface area contributed by atoms with E-state index in [1.54, 1.807) is 36.9 Å². The van der Waals surface area contributed by atoms with E-state index in [0.29, 0.717) is 17.9 Å². The second-order valence-corrected chi connectivity index (χ2v) is 10.2. The Hall–Kier alpha value is -2.49. The molecular weight excluding hydrogens is 468 g/mol. The molecule has 1 amide bonds. The molecule has 0 radical (unpaired) electrons. The van der Waals surface area contributed by atoms with Gasteiger partial charge in [0.25, 0.3) is 5.91 Å². The Balaban J connectivity index is 1.88. The van der Waals surface area contributed by atoms with Gasteiger partial charge in [-0.2, -0.15) is 5.10 Å². The molecule has 7 nitrogen and oxygen atoms in total. The first kappa shape index (κ1) is 22.2. The molecular formula is C21H23BrN4O3S. The molecule has 9 heteroatoms. The fourth-order valence-electron chi connectivity index (χ4n) is 2.94. The maximum Gasteiger partial charge on any atom is 0.256 e. The number of carbonyl (C=O) groups is 1. The molecule has 0 unspecified atom stereocenters. The van der Waals surface area contributed by atoms with E-state index in [-0.39, 0.29) is 10.5 Å². The molecule has 0 atom stereocenters. The first-order valence-corrected chi connectivity index (χ1v) is 11.4. The van der Waals surface area contributed by atoms with Crippen LogP contribution in [0.2, 0.25) is 0 Å². The lowest BCUT2D eigenvalue weighted by Crippen LogP contribution is -2.24. The molecule has 0 aliphatic carbocycles. The molecule has 0 fully saturated rings. The number of amides is 1. The molecule has 1 heterocycles. The molecule has 2 aromatic carbocycles. The summed E-state index contributed by atoms with van der Waals surface area (Å²) in [6, 6.07) is 12.6. The lowest BCUT2D eigenvalue weighted by atomic mass is 10.1. The highest BCUT2D eigenvalue weighted by Gasteiger charge is 2.23. The maximum absolute atomic E-state index is 12.9. The Bertz CT molecular complexity index is 1190. The smallest absolute Gasteiger partial charge is 0.256 e. The minimum atomic E-state index is -3.67. The van der Waals surface area contributed by atoms with Gasteiger partial charge in [-0.05, 0) is 54.8 Å². The zero-order valence-electron chi connectivity index (χ0n) is 17.2. The molecule has 30 heavy (non-hydrogen) atoms. The summed E-state index contributed by atoms with van der Waals surface area (Å²) in [4.78, 5) is 13.0. The first-order valence-electron chi connectivity index (χ1n) is 9.21. The van der Waals surface area contributed by atoms with Gasteiger partial charge in [0.2, 0.25) is 10.0 Å². The van der Waals surface area contributed by atoms with E-state index in [0.717, 1.165) is 19.9 Å². The van der Waals surface area contributed by atoms with Crippen LogP contribution in [0.3, 0.4) is 0 Å². The highest BCUT2D eigenvalue weighted by atomic mass is 79.9. The molecule has 3 aromatic rings. The van der Waals surface area contributed by atoms with E-state index in [4.69, 9.17) is 0 Å². The Morgan fingerprint density at radius 3 is 2.43 bits per heavy atom. The van der Waals surface area contributed by atoms with E-state index in [9.17, 15) is 13.2 Å². The van der Waals surface area contributed by atoms with Crippen molar-refractivity contribution < 1.29 is 13.2 Å². The van der Waals surface area contributed by atoms with Crippen molar-refractivity contribution in [2.75, 3.05) is 19.4 Å². The Kier molecular flexibility index (Phi) is 6.44. The predicted octanol–water partition coefficient (Wildman–Crippen LogP) is 3.81. The summed E-state index contributed by atoms with van der Waals surface area (Å²) < 4.78 is 29.1. The number of rotatable bonds is 6. The number of hydrogen-bond donors (Lipinski definition) is 1. The summed E-state index contributed by atoms with van der Waals surface area (Å²) in [5.74, 6) is 0.129. The van der Waals surface area contributed by atoms with Gasteiger partial charge in [0.1, 0.15) is 5.82 Å². The standard InChI is InChI=1S/C21H23BrN4O3S/c1-14-11-17(12-19(15(14)2)30(28,29)25(3)4)21(27)24-20-9-10-23-26(20)13-16-5-7-18(22)8-6-16/h5-12H,13H2,1-4H3,(H,24,27). The summed E-state index contributed by atoms with van der Waals surface area (Å²) in [5.41, 5.74) is 2.66. The van der Waals surface area contributed by atoms with Crippen LogP contribution in [0.4, 0.5) is 5.82 Å². The quantitative estimate of drug-likeness (QED) is 0.569. The number of aryl methyl sites for hydroxylation is 1. The molecule has 0 bridgehead atoms. The van der Waals surface area contributed by atoms with Crippen LogP contribution in [0.25, 0.3) is 0 Å². The monoisotopic (exact) mass is 490 g/mol. The summed E-state index contributed by atoms with van der Waals surface area (Å²) in [7, 11) is -0.729. The van der Waals surface area contributed by atoms with E-state index in [2.05, 4.69) is 26.3 Å².